The number of hydrogen-bond acceptors (Lipinski definition) is 1. The van der Waals surface area contributed by atoms with E-state index in [1.54, 1.807) is 0 Å². The number of benzene rings is 1. The van der Waals surface area contributed by atoms with Crippen molar-refractivity contribution in [3.63, 3.8) is 0 Å². The largest absolute Gasteiger partial charge is 0.497 e. The molecule has 1 aromatic rings. The van der Waals surface area contributed by atoms with Gasteiger partial charge in [-0.25, -0.2) is 0 Å². The monoisotopic (exact) mass is 450 g/mol. The Morgan fingerprint density at radius 3 is 1.41 bits per heavy atom. The smallest absolute Gasteiger partial charge is 0.460 e. The van der Waals surface area contributed by atoms with Gasteiger partial charge < -0.3 is 4.74 Å². The SMILES string of the molecule is COc1ccc(C#CC(F)(F)C(F)(F)C(F)(F)C(F)(F)C(F)(F)C(F)(F)F)cc1. The first-order valence-corrected chi connectivity index (χ1v) is 6.89. The zero-order chi connectivity index (χ0) is 23.1. The number of alkyl halides is 13. The van der Waals surface area contributed by atoms with Crippen LogP contribution in [-0.4, -0.2) is 42.9 Å². The summed E-state index contributed by atoms with van der Waals surface area (Å²) >= 11 is 0. The number of methoxy groups -OCH3 is 1. The van der Waals surface area contributed by atoms with Gasteiger partial charge in [0.15, 0.2) is 0 Å². The summed E-state index contributed by atoms with van der Waals surface area (Å²) in [6, 6.07) is 3.80. The molecule has 1 nitrogen and oxygen atoms in total. The molecule has 0 saturated heterocycles. The lowest BCUT2D eigenvalue weighted by Gasteiger charge is -2.38. The molecule has 0 radical (unpaired) electrons. The minimum absolute atomic E-state index is 0.119. The first-order chi connectivity index (χ1) is 12.8. The van der Waals surface area contributed by atoms with Gasteiger partial charge in [-0.05, 0) is 30.2 Å². The predicted molar refractivity (Wildman–Crippen MR) is 70.7 cm³/mol. The summed E-state index contributed by atoms with van der Waals surface area (Å²) in [6.07, 6.45) is -7.44. The average molecular weight is 450 g/mol. The molecule has 0 heterocycles. The Bertz CT molecular complexity index is 781. The molecule has 0 aliphatic heterocycles. The van der Waals surface area contributed by atoms with Crippen LogP contribution < -0.4 is 4.74 Å². The molecule has 1 rings (SSSR count). The zero-order valence-electron chi connectivity index (χ0n) is 13.6. The molecule has 0 fully saturated rings. The third-order valence-electron chi connectivity index (χ3n) is 3.39. The van der Waals surface area contributed by atoms with E-state index >= 15 is 0 Å². The summed E-state index contributed by atoms with van der Waals surface area (Å²) in [7, 11) is 1.17. The average Bonchev–Trinajstić information content (AvgIpc) is 2.58. The molecule has 0 bridgehead atoms. The first-order valence-electron chi connectivity index (χ1n) is 6.89. The van der Waals surface area contributed by atoms with Gasteiger partial charge in [0.1, 0.15) is 5.75 Å². The second-order valence-corrected chi connectivity index (χ2v) is 5.35. The molecular formula is C15H7F13O. The van der Waals surface area contributed by atoms with Crippen LogP contribution in [0.2, 0.25) is 0 Å². The van der Waals surface area contributed by atoms with E-state index in [0.29, 0.717) is 0 Å². The quantitative estimate of drug-likeness (QED) is 0.408. The molecule has 0 aliphatic carbocycles. The molecule has 0 aromatic heterocycles. The molecule has 0 spiro atoms. The zero-order valence-corrected chi connectivity index (χ0v) is 13.6. The van der Waals surface area contributed by atoms with Gasteiger partial charge in [0, 0.05) is 5.56 Å². The van der Waals surface area contributed by atoms with Crippen molar-refractivity contribution >= 4 is 0 Å². The first kappa shape index (κ1) is 24.7. The Hall–Kier alpha value is -2.33. The third-order valence-corrected chi connectivity index (χ3v) is 3.39. The molecule has 0 N–H and O–H groups in total. The second kappa shape index (κ2) is 7.17. The Morgan fingerprint density at radius 2 is 1.03 bits per heavy atom. The molecular weight excluding hydrogens is 443 g/mol. The third kappa shape index (κ3) is 3.91. The number of rotatable bonds is 5. The molecule has 0 saturated carbocycles. The molecule has 0 unspecified atom stereocenters. The van der Waals surface area contributed by atoms with Crippen LogP contribution in [0, 0.1) is 11.8 Å². The van der Waals surface area contributed by atoms with Crippen molar-refractivity contribution in [2.24, 2.45) is 0 Å². The molecule has 1 aromatic carbocycles. The summed E-state index contributed by atoms with van der Waals surface area (Å²) in [4.78, 5) is 0. The fraction of sp³-hybridized carbons (Fsp3) is 0.467. The maximum atomic E-state index is 13.5. The van der Waals surface area contributed by atoms with Gasteiger partial charge in [0.25, 0.3) is 0 Å². The maximum absolute atomic E-state index is 13.5. The second-order valence-electron chi connectivity index (χ2n) is 5.35. The minimum atomic E-state index is -7.94. The number of hydrogen-bond donors (Lipinski definition) is 0. The van der Waals surface area contributed by atoms with Crippen molar-refractivity contribution in [3.05, 3.63) is 29.8 Å². The van der Waals surface area contributed by atoms with Crippen LogP contribution in [0.3, 0.4) is 0 Å². The Balaban J connectivity index is 3.41. The van der Waals surface area contributed by atoms with Gasteiger partial charge in [-0.1, -0.05) is 5.92 Å². The fourth-order valence-electron chi connectivity index (χ4n) is 1.67. The standard InChI is InChI=1S/C15H7F13O/c1-29-9-4-2-8(3-5-9)6-7-10(16,17)11(18,19)12(20,21)13(22,23)14(24,25)15(26,27)28/h2-5H,1H3. The summed E-state index contributed by atoms with van der Waals surface area (Å²) in [5, 5.41) is 0. The van der Waals surface area contributed by atoms with Crippen LogP contribution in [-0.2, 0) is 0 Å². The van der Waals surface area contributed by atoms with Crippen molar-refractivity contribution in [1.29, 1.82) is 0 Å². The van der Waals surface area contributed by atoms with Crippen molar-refractivity contribution in [2.75, 3.05) is 7.11 Å². The van der Waals surface area contributed by atoms with Crippen molar-refractivity contribution in [2.45, 2.75) is 35.8 Å². The summed E-state index contributed by atoms with van der Waals surface area (Å²) in [6.45, 7) is 0. The van der Waals surface area contributed by atoms with Gasteiger partial charge in [-0.15, -0.1) is 0 Å². The van der Waals surface area contributed by atoms with Crippen LogP contribution in [0.25, 0.3) is 0 Å². The summed E-state index contributed by atoms with van der Waals surface area (Å²) < 4.78 is 172. The van der Waals surface area contributed by atoms with Crippen LogP contribution in [0.15, 0.2) is 24.3 Å². The van der Waals surface area contributed by atoms with E-state index in [-0.39, 0.29) is 11.7 Å². The van der Waals surface area contributed by atoms with Crippen molar-refractivity contribution in [1.82, 2.24) is 0 Å². The topological polar surface area (TPSA) is 9.23 Å². The summed E-state index contributed by atoms with van der Waals surface area (Å²) in [5.41, 5.74) is -0.544. The maximum Gasteiger partial charge on any atom is 0.460 e. The van der Waals surface area contributed by atoms with Gasteiger partial charge in [-0.2, -0.15) is 57.1 Å². The number of ether oxygens (including phenoxy) is 1. The van der Waals surface area contributed by atoms with E-state index < -0.39 is 41.4 Å². The van der Waals surface area contributed by atoms with Gasteiger partial charge >= 0.3 is 35.8 Å². The highest BCUT2D eigenvalue weighted by molar-refractivity contribution is 5.40. The Kier molecular flexibility index (Phi) is 6.11. The van der Waals surface area contributed by atoms with Gasteiger partial charge in [0.2, 0.25) is 0 Å². The Morgan fingerprint density at radius 1 is 0.621 bits per heavy atom. The van der Waals surface area contributed by atoms with Crippen LogP contribution >= 0.6 is 0 Å². The highest BCUT2D eigenvalue weighted by Gasteiger charge is 2.90. The molecule has 0 amide bonds. The van der Waals surface area contributed by atoms with E-state index in [1.165, 1.54) is 13.0 Å². The highest BCUT2D eigenvalue weighted by atomic mass is 19.4. The molecule has 0 aliphatic rings. The fourth-order valence-corrected chi connectivity index (χ4v) is 1.67. The van der Waals surface area contributed by atoms with E-state index in [1.807, 2.05) is 0 Å². The van der Waals surface area contributed by atoms with Crippen molar-refractivity contribution < 1.29 is 61.8 Å². The molecule has 0 atom stereocenters. The lowest BCUT2D eigenvalue weighted by atomic mass is 9.94. The number of halogens is 13. The van der Waals surface area contributed by atoms with E-state index in [4.69, 9.17) is 0 Å². The van der Waals surface area contributed by atoms with Crippen LogP contribution in [0.4, 0.5) is 57.1 Å². The highest BCUT2D eigenvalue weighted by Crippen LogP contribution is 2.60. The van der Waals surface area contributed by atoms with Crippen molar-refractivity contribution in [3.8, 4) is 17.6 Å². The van der Waals surface area contributed by atoms with Crippen LogP contribution in [0.1, 0.15) is 5.56 Å². The minimum Gasteiger partial charge on any atom is -0.497 e. The normalized spacial score (nSPS) is 14.3. The predicted octanol–water partition coefficient (Wildman–Crippen LogP) is 5.79. The van der Waals surface area contributed by atoms with E-state index in [0.717, 1.165) is 24.3 Å². The van der Waals surface area contributed by atoms with Gasteiger partial charge in [-0.3, -0.25) is 0 Å². The van der Waals surface area contributed by atoms with Crippen LogP contribution in [0.5, 0.6) is 5.75 Å². The Labute approximate surface area is 153 Å². The molecule has 164 valence electrons. The molecule has 14 heteroatoms. The summed E-state index contributed by atoms with van der Waals surface area (Å²) in [5.74, 6) is -35.9. The molecule has 29 heavy (non-hydrogen) atoms. The lowest BCUT2D eigenvalue weighted by Crippen LogP contribution is -2.69. The lowest BCUT2D eigenvalue weighted by molar-refractivity contribution is -0.435. The van der Waals surface area contributed by atoms with Gasteiger partial charge in [0.05, 0.1) is 7.11 Å². The van der Waals surface area contributed by atoms with E-state index in [9.17, 15) is 57.1 Å². The van der Waals surface area contributed by atoms with E-state index in [2.05, 4.69) is 4.74 Å².